The summed E-state index contributed by atoms with van der Waals surface area (Å²) in [5, 5.41) is 5.68. The number of fused-ring (bicyclic) bond motifs is 3. The van der Waals surface area contributed by atoms with Crippen LogP contribution in [0.25, 0.3) is 32.8 Å². The Kier molecular flexibility index (Phi) is 5.55. The first-order valence-corrected chi connectivity index (χ1v) is 10.8. The smallest absolute Gasteiger partial charge is 0.258 e. The number of hydrogen-bond acceptors (Lipinski definition) is 5. The molecule has 0 saturated heterocycles. The molecule has 0 unspecified atom stereocenters. The van der Waals surface area contributed by atoms with Gasteiger partial charge in [0.05, 0.1) is 37.9 Å². The van der Waals surface area contributed by atoms with Gasteiger partial charge in [0.15, 0.2) is 11.5 Å². The molecule has 1 heterocycles. The van der Waals surface area contributed by atoms with Crippen LogP contribution in [-0.2, 0) is 0 Å². The van der Waals surface area contributed by atoms with Gasteiger partial charge < -0.3 is 24.5 Å². The van der Waals surface area contributed by atoms with E-state index in [4.69, 9.17) is 14.2 Å². The minimum absolute atomic E-state index is 0.218. The monoisotopic (exact) mass is 452 g/mol. The maximum Gasteiger partial charge on any atom is 0.258 e. The van der Waals surface area contributed by atoms with E-state index in [1.165, 1.54) is 0 Å². The molecule has 0 amide bonds. The zero-order valence-electron chi connectivity index (χ0n) is 19.1. The zero-order valence-corrected chi connectivity index (χ0v) is 19.1. The number of ether oxygens (including phenoxy) is 3. The molecule has 2 N–H and O–H groups in total. The van der Waals surface area contributed by atoms with Gasteiger partial charge in [-0.15, -0.1) is 0 Å². The number of aromatic nitrogens is 1. The van der Waals surface area contributed by atoms with Gasteiger partial charge in [-0.05, 0) is 65.0 Å². The Balaban J connectivity index is 1.82. The fourth-order valence-electron chi connectivity index (χ4n) is 4.28. The molecule has 0 aliphatic rings. The van der Waals surface area contributed by atoms with E-state index >= 15 is 0 Å². The number of aromatic amines is 1. The lowest BCUT2D eigenvalue weighted by Gasteiger charge is -2.16. The van der Waals surface area contributed by atoms with Crippen LogP contribution in [0.15, 0.2) is 83.7 Å². The number of rotatable bonds is 6. The topological polar surface area (TPSA) is 72.6 Å². The Morgan fingerprint density at radius 3 is 2.18 bits per heavy atom. The number of H-pyrrole nitrogens is 1. The van der Waals surface area contributed by atoms with Gasteiger partial charge in [0, 0.05) is 11.1 Å². The van der Waals surface area contributed by atoms with Crippen LogP contribution in [0.5, 0.6) is 17.2 Å². The minimum atomic E-state index is -0.218. The van der Waals surface area contributed by atoms with Crippen LogP contribution in [0.1, 0.15) is 0 Å². The summed E-state index contributed by atoms with van der Waals surface area (Å²) in [5.74, 6) is 1.81. The molecule has 1 aromatic heterocycles. The Labute approximate surface area is 196 Å². The van der Waals surface area contributed by atoms with Crippen molar-refractivity contribution in [3.8, 4) is 28.4 Å². The molecular weight excluding hydrogens is 428 g/mol. The second kappa shape index (κ2) is 8.83. The molecule has 0 atom stereocenters. The second-order valence-corrected chi connectivity index (χ2v) is 7.84. The van der Waals surface area contributed by atoms with Crippen molar-refractivity contribution in [3.63, 3.8) is 0 Å². The fraction of sp³-hybridized carbons (Fsp3) is 0.107. The number of benzene rings is 4. The lowest BCUT2D eigenvalue weighted by atomic mass is 9.97. The van der Waals surface area contributed by atoms with Crippen molar-refractivity contribution >= 4 is 33.1 Å². The summed E-state index contributed by atoms with van der Waals surface area (Å²) in [6.45, 7) is 0. The van der Waals surface area contributed by atoms with Gasteiger partial charge in [-0.3, -0.25) is 4.79 Å². The highest BCUT2D eigenvalue weighted by Gasteiger charge is 2.17. The van der Waals surface area contributed by atoms with E-state index in [2.05, 4.69) is 22.4 Å². The predicted molar refractivity (Wildman–Crippen MR) is 137 cm³/mol. The molecule has 6 nitrogen and oxygen atoms in total. The molecule has 4 aromatic carbocycles. The van der Waals surface area contributed by atoms with Crippen LogP contribution in [0.4, 0.5) is 11.4 Å². The highest BCUT2D eigenvalue weighted by atomic mass is 16.5. The molecule has 34 heavy (non-hydrogen) atoms. The molecule has 6 heteroatoms. The zero-order chi connectivity index (χ0) is 23.7. The van der Waals surface area contributed by atoms with Crippen molar-refractivity contribution in [1.82, 2.24) is 4.98 Å². The third-order valence-electron chi connectivity index (χ3n) is 5.92. The molecule has 0 radical (unpaired) electrons. The molecular formula is C28H24N2O4. The van der Waals surface area contributed by atoms with E-state index in [0.29, 0.717) is 28.1 Å². The largest absolute Gasteiger partial charge is 0.497 e. The van der Waals surface area contributed by atoms with E-state index in [9.17, 15) is 4.79 Å². The highest BCUT2D eigenvalue weighted by molar-refractivity contribution is 6.13. The summed E-state index contributed by atoms with van der Waals surface area (Å²) in [7, 11) is 4.78. The minimum Gasteiger partial charge on any atom is -0.497 e. The van der Waals surface area contributed by atoms with Crippen LogP contribution in [0.3, 0.4) is 0 Å². The van der Waals surface area contributed by atoms with E-state index in [-0.39, 0.29) is 5.56 Å². The van der Waals surface area contributed by atoms with Crippen molar-refractivity contribution in [2.45, 2.75) is 0 Å². The average Bonchev–Trinajstić information content (AvgIpc) is 2.88. The normalized spacial score (nSPS) is 10.9. The van der Waals surface area contributed by atoms with Gasteiger partial charge in [-0.1, -0.05) is 30.3 Å². The van der Waals surface area contributed by atoms with E-state index in [1.54, 1.807) is 21.3 Å². The summed E-state index contributed by atoms with van der Waals surface area (Å²) < 4.78 is 16.3. The second-order valence-electron chi connectivity index (χ2n) is 7.84. The van der Waals surface area contributed by atoms with Gasteiger partial charge >= 0.3 is 0 Å². The first kappa shape index (κ1) is 21.4. The molecule has 5 rings (SSSR count). The Bertz CT molecular complexity index is 1540. The van der Waals surface area contributed by atoms with Crippen molar-refractivity contribution in [2.75, 3.05) is 26.6 Å². The number of pyridine rings is 1. The number of hydrogen-bond donors (Lipinski definition) is 2. The summed E-state index contributed by atoms with van der Waals surface area (Å²) in [6, 6.07) is 25.5. The fourth-order valence-corrected chi connectivity index (χ4v) is 4.28. The molecule has 0 saturated carbocycles. The first-order chi connectivity index (χ1) is 16.6. The highest BCUT2D eigenvalue weighted by Crippen LogP contribution is 2.39. The van der Waals surface area contributed by atoms with Crippen LogP contribution in [0.2, 0.25) is 0 Å². The van der Waals surface area contributed by atoms with Gasteiger partial charge in [0.2, 0.25) is 0 Å². The molecule has 0 fully saturated rings. The maximum atomic E-state index is 13.4. The number of anilines is 2. The summed E-state index contributed by atoms with van der Waals surface area (Å²) in [4.78, 5) is 16.4. The van der Waals surface area contributed by atoms with Crippen LogP contribution < -0.4 is 25.1 Å². The molecule has 0 bridgehead atoms. The quantitative estimate of drug-likeness (QED) is 0.304. The van der Waals surface area contributed by atoms with Gasteiger partial charge in [0.1, 0.15) is 5.75 Å². The number of methoxy groups -OCH3 is 3. The lowest BCUT2D eigenvalue weighted by molar-refractivity contribution is 0.358. The van der Waals surface area contributed by atoms with E-state index in [1.807, 2.05) is 66.7 Å². The third-order valence-corrected chi connectivity index (χ3v) is 5.92. The Morgan fingerprint density at radius 1 is 0.735 bits per heavy atom. The van der Waals surface area contributed by atoms with Crippen molar-refractivity contribution in [3.05, 3.63) is 89.2 Å². The van der Waals surface area contributed by atoms with Gasteiger partial charge in [-0.2, -0.15) is 0 Å². The maximum absolute atomic E-state index is 13.4. The molecule has 0 aliphatic heterocycles. The molecule has 170 valence electrons. The van der Waals surface area contributed by atoms with Crippen molar-refractivity contribution in [1.29, 1.82) is 0 Å². The van der Waals surface area contributed by atoms with E-state index in [0.717, 1.165) is 33.3 Å². The van der Waals surface area contributed by atoms with Crippen LogP contribution >= 0.6 is 0 Å². The Hall–Kier alpha value is -4.45. The van der Waals surface area contributed by atoms with Crippen molar-refractivity contribution < 1.29 is 14.2 Å². The molecule has 0 aliphatic carbocycles. The average molecular weight is 453 g/mol. The van der Waals surface area contributed by atoms with Crippen LogP contribution in [0, 0.1) is 0 Å². The molecule has 0 spiro atoms. The third kappa shape index (κ3) is 3.69. The summed E-state index contributed by atoms with van der Waals surface area (Å²) in [5.41, 5.74) is 3.98. The summed E-state index contributed by atoms with van der Waals surface area (Å²) >= 11 is 0. The number of nitrogens with one attached hydrogen (secondary N) is 2. The predicted octanol–water partition coefficient (Wildman–Crippen LogP) is 6.12. The van der Waals surface area contributed by atoms with Gasteiger partial charge in [0.25, 0.3) is 5.56 Å². The Morgan fingerprint density at radius 2 is 1.50 bits per heavy atom. The van der Waals surface area contributed by atoms with Gasteiger partial charge in [-0.25, -0.2) is 0 Å². The summed E-state index contributed by atoms with van der Waals surface area (Å²) in [6.07, 6.45) is 0. The van der Waals surface area contributed by atoms with Crippen LogP contribution in [-0.4, -0.2) is 26.3 Å². The van der Waals surface area contributed by atoms with Crippen molar-refractivity contribution in [2.24, 2.45) is 0 Å². The first-order valence-electron chi connectivity index (χ1n) is 10.8. The standard InChI is InChI=1S/C28H24N2O4/c1-32-20-11-9-19(10-12-20)29-23-16-18(17-7-5-4-6-8-17)15-22-21-13-14-24(33-2)27(34-3)26(21)30-28(31)25(22)23/h4-16,29H,1-3H3,(H,30,31). The lowest BCUT2D eigenvalue weighted by Crippen LogP contribution is -2.10. The SMILES string of the molecule is COc1ccc(Nc2cc(-c3ccccc3)cc3c2c(=O)[nH]c2c(OC)c(OC)ccc23)cc1. The molecule has 5 aromatic rings. The van der Waals surface area contributed by atoms with E-state index < -0.39 is 0 Å².